The first kappa shape index (κ1) is 15.2. The SMILES string of the molecule is Cc1cccc(C(O)CN(C)C(C)C(C)(C)C)c1. The van der Waals surface area contributed by atoms with Gasteiger partial charge in [0.1, 0.15) is 0 Å². The topological polar surface area (TPSA) is 23.5 Å². The highest BCUT2D eigenvalue weighted by Gasteiger charge is 2.25. The molecular weight excluding hydrogens is 222 g/mol. The van der Waals surface area contributed by atoms with Crippen LogP contribution in [-0.2, 0) is 0 Å². The average Bonchev–Trinajstić information content (AvgIpc) is 2.26. The predicted octanol–water partition coefficient (Wildman–Crippen LogP) is 3.39. The fraction of sp³-hybridized carbons (Fsp3) is 0.625. The molecule has 0 aromatic heterocycles. The largest absolute Gasteiger partial charge is 0.387 e. The molecule has 0 saturated heterocycles. The first-order chi connectivity index (χ1) is 8.21. The molecule has 0 aliphatic rings. The maximum Gasteiger partial charge on any atom is 0.0917 e. The van der Waals surface area contributed by atoms with Gasteiger partial charge in [0.15, 0.2) is 0 Å². The molecule has 0 bridgehead atoms. The number of rotatable bonds is 4. The Kier molecular flexibility index (Phi) is 4.94. The highest BCUT2D eigenvalue weighted by Crippen LogP contribution is 2.25. The summed E-state index contributed by atoms with van der Waals surface area (Å²) in [5.41, 5.74) is 2.42. The lowest BCUT2D eigenvalue weighted by Gasteiger charge is -2.36. The second-order valence-electron chi connectivity index (χ2n) is 6.41. The third kappa shape index (κ3) is 4.11. The second kappa shape index (κ2) is 5.85. The minimum Gasteiger partial charge on any atom is -0.387 e. The molecule has 1 aromatic carbocycles. The zero-order chi connectivity index (χ0) is 13.9. The number of hydrogen-bond acceptors (Lipinski definition) is 2. The number of aryl methyl sites for hydroxylation is 1. The van der Waals surface area contributed by atoms with Crippen molar-refractivity contribution in [1.29, 1.82) is 0 Å². The van der Waals surface area contributed by atoms with Crippen molar-refractivity contribution in [1.82, 2.24) is 4.90 Å². The third-order valence-corrected chi connectivity index (χ3v) is 3.80. The van der Waals surface area contributed by atoms with E-state index in [1.54, 1.807) is 0 Å². The van der Waals surface area contributed by atoms with Crippen molar-refractivity contribution >= 4 is 0 Å². The van der Waals surface area contributed by atoms with Gasteiger partial charge in [-0.3, -0.25) is 0 Å². The van der Waals surface area contributed by atoms with Crippen LogP contribution in [0.25, 0.3) is 0 Å². The number of aliphatic hydroxyl groups is 1. The molecule has 0 radical (unpaired) electrons. The lowest BCUT2D eigenvalue weighted by atomic mass is 9.87. The van der Waals surface area contributed by atoms with Gasteiger partial charge in [-0.25, -0.2) is 0 Å². The van der Waals surface area contributed by atoms with E-state index in [-0.39, 0.29) is 5.41 Å². The minimum absolute atomic E-state index is 0.223. The Morgan fingerprint density at radius 1 is 1.28 bits per heavy atom. The Hall–Kier alpha value is -0.860. The van der Waals surface area contributed by atoms with E-state index >= 15 is 0 Å². The Bertz CT molecular complexity index is 381. The van der Waals surface area contributed by atoms with Crippen LogP contribution in [-0.4, -0.2) is 29.6 Å². The molecule has 0 amide bonds. The Labute approximate surface area is 112 Å². The summed E-state index contributed by atoms with van der Waals surface area (Å²) in [6, 6.07) is 8.53. The summed E-state index contributed by atoms with van der Waals surface area (Å²) in [5.74, 6) is 0. The van der Waals surface area contributed by atoms with Crippen LogP contribution in [0.3, 0.4) is 0 Å². The summed E-state index contributed by atoms with van der Waals surface area (Å²) in [6.07, 6.45) is -0.417. The molecule has 1 rings (SSSR count). The highest BCUT2D eigenvalue weighted by atomic mass is 16.3. The summed E-state index contributed by atoms with van der Waals surface area (Å²) in [5, 5.41) is 10.3. The van der Waals surface area contributed by atoms with Gasteiger partial charge in [-0.15, -0.1) is 0 Å². The summed E-state index contributed by atoms with van der Waals surface area (Å²) in [6.45, 7) is 11.6. The molecule has 1 N–H and O–H groups in total. The van der Waals surface area contributed by atoms with Gasteiger partial charge in [0.05, 0.1) is 6.10 Å². The normalized spacial score (nSPS) is 15.8. The molecule has 0 heterocycles. The standard InChI is InChI=1S/C16H27NO/c1-12-8-7-9-14(10-12)15(18)11-17(6)13(2)16(3,4)5/h7-10,13,15,18H,11H2,1-6H3. The molecule has 0 aliphatic carbocycles. The Morgan fingerprint density at radius 2 is 1.89 bits per heavy atom. The third-order valence-electron chi connectivity index (χ3n) is 3.80. The van der Waals surface area contributed by atoms with Crippen LogP contribution < -0.4 is 0 Å². The van der Waals surface area contributed by atoms with Crippen molar-refractivity contribution in [2.75, 3.05) is 13.6 Å². The van der Waals surface area contributed by atoms with Gasteiger partial charge >= 0.3 is 0 Å². The zero-order valence-electron chi connectivity index (χ0n) is 12.6. The number of nitrogens with zero attached hydrogens (tertiary/aromatic N) is 1. The molecule has 0 spiro atoms. The fourth-order valence-electron chi connectivity index (χ4n) is 2.07. The van der Waals surface area contributed by atoms with Crippen molar-refractivity contribution in [3.63, 3.8) is 0 Å². The molecule has 2 nitrogen and oxygen atoms in total. The molecule has 2 heteroatoms. The molecule has 18 heavy (non-hydrogen) atoms. The van der Waals surface area contributed by atoms with Crippen molar-refractivity contribution in [3.05, 3.63) is 35.4 Å². The monoisotopic (exact) mass is 249 g/mol. The molecule has 0 fully saturated rings. The Morgan fingerprint density at radius 3 is 2.39 bits per heavy atom. The van der Waals surface area contributed by atoms with Crippen LogP contribution >= 0.6 is 0 Å². The molecule has 0 aliphatic heterocycles. The molecular formula is C16H27NO. The number of likely N-dealkylation sites (N-methyl/N-ethyl adjacent to an activating group) is 1. The molecule has 102 valence electrons. The fourth-order valence-corrected chi connectivity index (χ4v) is 2.07. The quantitative estimate of drug-likeness (QED) is 0.884. The van der Waals surface area contributed by atoms with Crippen molar-refractivity contribution in [3.8, 4) is 0 Å². The van der Waals surface area contributed by atoms with Gasteiger partial charge in [-0.2, -0.15) is 0 Å². The van der Waals surface area contributed by atoms with Gasteiger partial charge in [0.25, 0.3) is 0 Å². The van der Waals surface area contributed by atoms with Gasteiger partial charge in [0.2, 0.25) is 0 Å². The maximum absolute atomic E-state index is 10.3. The van der Waals surface area contributed by atoms with E-state index in [0.29, 0.717) is 12.6 Å². The van der Waals surface area contributed by atoms with E-state index < -0.39 is 6.10 Å². The van der Waals surface area contributed by atoms with Crippen LogP contribution in [0.4, 0.5) is 0 Å². The van der Waals surface area contributed by atoms with E-state index in [2.05, 4.69) is 58.7 Å². The lowest BCUT2D eigenvalue weighted by molar-refractivity contribution is 0.0715. The van der Waals surface area contributed by atoms with Crippen LogP contribution in [0.1, 0.15) is 44.9 Å². The van der Waals surface area contributed by atoms with E-state index in [1.807, 2.05) is 12.1 Å². The van der Waals surface area contributed by atoms with E-state index in [9.17, 15) is 5.11 Å². The molecule has 1 aromatic rings. The van der Waals surface area contributed by atoms with Crippen LogP contribution in [0, 0.1) is 12.3 Å². The van der Waals surface area contributed by atoms with Crippen LogP contribution in [0.2, 0.25) is 0 Å². The molecule has 2 atom stereocenters. The van der Waals surface area contributed by atoms with Gasteiger partial charge in [-0.1, -0.05) is 50.6 Å². The van der Waals surface area contributed by atoms with Crippen molar-refractivity contribution in [2.45, 2.75) is 46.8 Å². The first-order valence-electron chi connectivity index (χ1n) is 6.66. The number of hydrogen-bond donors (Lipinski definition) is 1. The predicted molar refractivity (Wildman–Crippen MR) is 77.7 cm³/mol. The Balaban J connectivity index is 2.68. The van der Waals surface area contributed by atoms with Gasteiger partial charge in [0, 0.05) is 12.6 Å². The van der Waals surface area contributed by atoms with Crippen molar-refractivity contribution < 1.29 is 5.11 Å². The molecule has 2 unspecified atom stereocenters. The molecule has 0 saturated carbocycles. The summed E-state index contributed by atoms with van der Waals surface area (Å²) >= 11 is 0. The zero-order valence-corrected chi connectivity index (χ0v) is 12.6. The smallest absolute Gasteiger partial charge is 0.0917 e. The van der Waals surface area contributed by atoms with E-state index in [4.69, 9.17) is 0 Å². The number of aliphatic hydroxyl groups excluding tert-OH is 1. The number of benzene rings is 1. The average molecular weight is 249 g/mol. The van der Waals surface area contributed by atoms with Gasteiger partial charge in [-0.05, 0) is 31.9 Å². The van der Waals surface area contributed by atoms with Crippen molar-refractivity contribution in [2.24, 2.45) is 5.41 Å². The van der Waals surface area contributed by atoms with E-state index in [1.165, 1.54) is 5.56 Å². The summed E-state index contributed by atoms with van der Waals surface area (Å²) in [4.78, 5) is 2.23. The van der Waals surface area contributed by atoms with E-state index in [0.717, 1.165) is 5.56 Å². The summed E-state index contributed by atoms with van der Waals surface area (Å²) in [7, 11) is 2.08. The first-order valence-corrected chi connectivity index (χ1v) is 6.66. The maximum atomic E-state index is 10.3. The van der Waals surface area contributed by atoms with Crippen LogP contribution in [0.15, 0.2) is 24.3 Å². The van der Waals surface area contributed by atoms with Crippen LogP contribution in [0.5, 0.6) is 0 Å². The minimum atomic E-state index is -0.417. The summed E-state index contributed by atoms with van der Waals surface area (Å²) < 4.78 is 0. The van der Waals surface area contributed by atoms with Gasteiger partial charge < -0.3 is 10.0 Å². The lowest BCUT2D eigenvalue weighted by Crippen LogP contribution is -2.41. The highest BCUT2D eigenvalue weighted by molar-refractivity contribution is 5.24. The second-order valence-corrected chi connectivity index (χ2v) is 6.41.